The van der Waals surface area contributed by atoms with Crippen LogP contribution >= 0.6 is 11.6 Å². The van der Waals surface area contributed by atoms with Gasteiger partial charge < -0.3 is 14.5 Å². The molecule has 2 unspecified atom stereocenters. The van der Waals surface area contributed by atoms with E-state index < -0.39 is 17.8 Å². The first-order valence-corrected chi connectivity index (χ1v) is 15.7. The van der Waals surface area contributed by atoms with Gasteiger partial charge in [-0.05, 0) is 67.8 Å². The van der Waals surface area contributed by atoms with Crippen LogP contribution in [0.1, 0.15) is 55.0 Å². The van der Waals surface area contributed by atoms with Gasteiger partial charge in [-0.15, -0.1) is 0 Å². The summed E-state index contributed by atoms with van der Waals surface area (Å²) in [5.74, 6) is -0.206. The largest absolute Gasteiger partial charge is 0.462 e. The Labute approximate surface area is 256 Å². The fourth-order valence-electron chi connectivity index (χ4n) is 8.23. The van der Waals surface area contributed by atoms with Gasteiger partial charge in [0.1, 0.15) is 12.4 Å². The van der Waals surface area contributed by atoms with Gasteiger partial charge in [0.25, 0.3) is 5.91 Å². The van der Waals surface area contributed by atoms with E-state index in [9.17, 15) is 14.4 Å². The van der Waals surface area contributed by atoms with Gasteiger partial charge in [0, 0.05) is 54.6 Å². The predicted octanol–water partition coefficient (Wildman–Crippen LogP) is 4.86. The lowest BCUT2D eigenvalue weighted by Crippen LogP contribution is -2.55. The maximum absolute atomic E-state index is 13.8. The van der Waals surface area contributed by atoms with E-state index in [0.717, 1.165) is 65.9 Å². The second kappa shape index (κ2) is 10.9. The molecule has 3 aliphatic heterocycles. The van der Waals surface area contributed by atoms with E-state index in [1.807, 2.05) is 12.1 Å². The Morgan fingerprint density at radius 3 is 2.86 bits per heavy atom. The molecule has 0 N–H and O–H groups in total. The van der Waals surface area contributed by atoms with Crippen molar-refractivity contribution in [1.29, 1.82) is 5.26 Å². The lowest BCUT2D eigenvalue weighted by molar-refractivity contribution is -0.131. The van der Waals surface area contributed by atoms with E-state index in [1.165, 1.54) is 22.5 Å². The van der Waals surface area contributed by atoms with Crippen LogP contribution in [-0.4, -0.2) is 77.1 Å². The normalized spacial score (nSPS) is 28.8. The van der Waals surface area contributed by atoms with Crippen LogP contribution in [0.2, 0.25) is 5.02 Å². The molecular weight excluding hydrogens is 567 g/mol. The third kappa shape index (κ3) is 4.89. The van der Waals surface area contributed by atoms with Gasteiger partial charge in [-0.2, -0.15) is 15.2 Å². The number of hydrogen-bond donors (Lipinski definition) is 0. The molecule has 8 nitrogen and oxygen atoms in total. The number of aromatic nitrogens is 2. The summed E-state index contributed by atoms with van der Waals surface area (Å²) in [4.78, 5) is 28.6. The van der Waals surface area contributed by atoms with E-state index in [2.05, 4.69) is 41.5 Å². The molecule has 1 amide bonds. The predicted molar refractivity (Wildman–Crippen MR) is 163 cm³/mol. The molecule has 0 saturated carbocycles. The van der Waals surface area contributed by atoms with Crippen molar-refractivity contribution in [2.45, 2.75) is 62.9 Å². The Bertz CT molecular complexity index is 1570. The monoisotopic (exact) mass is 602 g/mol. The molecule has 5 atom stereocenters. The molecule has 5 aliphatic rings. The van der Waals surface area contributed by atoms with Crippen LogP contribution in [0.4, 0.5) is 10.2 Å². The first-order valence-electron chi connectivity index (χ1n) is 15.3. The summed E-state index contributed by atoms with van der Waals surface area (Å²) >= 11 is 6.67. The summed E-state index contributed by atoms with van der Waals surface area (Å²) in [6, 6.07) is 8.61. The van der Waals surface area contributed by atoms with Crippen molar-refractivity contribution in [1.82, 2.24) is 19.8 Å². The topological polar surface area (TPSA) is 85.6 Å². The van der Waals surface area contributed by atoms with Crippen LogP contribution in [0.15, 0.2) is 36.7 Å². The number of rotatable bonds is 6. The van der Waals surface area contributed by atoms with E-state index >= 15 is 0 Å². The molecule has 224 valence electrons. The van der Waals surface area contributed by atoms with Crippen LogP contribution in [0.3, 0.4) is 0 Å². The molecule has 1 aromatic heterocycles. The molecule has 0 radical (unpaired) electrons. The highest BCUT2D eigenvalue weighted by Crippen LogP contribution is 2.51. The van der Waals surface area contributed by atoms with Crippen molar-refractivity contribution >= 4 is 28.9 Å². The van der Waals surface area contributed by atoms with Crippen molar-refractivity contribution in [3.63, 3.8) is 0 Å². The van der Waals surface area contributed by atoms with Crippen LogP contribution in [-0.2, 0) is 23.1 Å². The highest BCUT2D eigenvalue weighted by atomic mass is 35.5. The summed E-state index contributed by atoms with van der Waals surface area (Å²) in [6.45, 7) is 9.25. The van der Waals surface area contributed by atoms with Gasteiger partial charge in [0.2, 0.25) is 0 Å². The smallest absolute Gasteiger partial charge is 0.318 e. The minimum absolute atomic E-state index is 0.0928. The Morgan fingerprint density at radius 1 is 1.26 bits per heavy atom. The van der Waals surface area contributed by atoms with Crippen LogP contribution < -0.4 is 9.64 Å². The first-order chi connectivity index (χ1) is 20.8. The molecule has 3 saturated heterocycles. The average molecular weight is 603 g/mol. The number of ether oxygens (including phenoxy) is 1. The van der Waals surface area contributed by atoms with Gasteiger partial charge in [-0.25, -0.2) is 4.39 Å². The van der Waals surface area contributed by atoms with Crippen LogP contribution in [0.5, 0.6) is 6.01 Å². The minimum Gasteiger partial charge on any atom is -0.462 e. The minimum atomic E-state index is -1.01. The molecule has 43 heavy (non-hydrogen) atoms. The second-order valence-electron chi connectivity index (χ2n) is 12.8. The van der Waals surface area contributed by atoms with Gasteiger partial charge in [-0.3, -0.25) is 9.69 Å². The summed E-state index contributed by atoms with van der Waals surface area (Å²) in [5.41, 5.74) is 5.39. The number of allylic oxidation sites excluding steroid dienone is 2. The number of benzene rings is 1. The third-order valence-electron chi connectivity index (χ3n) is 10.2. The summed E-state index contributed by atoms with van der Waals surface area (Å²) in [7, 11) is 0. The fraction of sp³-hybridized carbons (Fsp3) is 0.515. The standard InChI is InChI=1S/C33H36ClFN6O2/c1-20-15-33(26-4-3-5-27(34)29(20)26)9-6-25-28(16-33)37-32(43-19-24-14-22-8-11-39(24)17-22)38-30(25)40-12-13-41(31(42)21(2)35)23(18-40)7-10-36/h3-5,15,22-24H,2,6-9,11-14,16-19H2,1H3/t22?,23-,24-,33+/m0/s1. The quantitative estimate of drug-likeness (QED) is 0.437. The van der Waals surface area contributed by atoms with Gasteiger partial charge in [-0.1, -0.05) is 36.4 Å². The zero-order valence-electron chi connectivity index (χ0n) is 24.5. The maximum atomic E-state index is 13.8. The number of nitrogens with zero attached hydrogens (tertiary/aromatic N) is 6. The second-order valence-corrected chi connectivity index (χ2v) is 13.2. The highest BCUT2D eigenvalue weighted by Gasteiger charge is 2.43. The Morgan fingerprint density at radius 2 is 2.12 bits per heavy atom. The van der Waals surface area contributed by atoms with Crippen molar-refractivity contribution in [3.8, 4) is 12.1 Å². The number of nitriles is 1. The van der Waals surface area contributed by atoms with E-state index in [0.29, 0.717) is 38.2 Å². The number of piperazine rings is 1. The summed E-state index contributed by atoms with van der Waals surface area (Å²) < 4.78 is 20.2. The van der Waals surface area contributed by atoms with Gasteiger partial charge in [0.05, 0.1) is 24.2 Å². The van der Waals surface area contributed by atoms with Crippen molar-refractivity contribution in [2.75, 3.05) is 44.2 Å². The molecular formula is C33H36ClFN6O2. The van der Waals surface area contributed by atoms with E-state index in [1.54, 1.807) is 0 Å². The highest BCUT2D eigenvalue weighted by molar-refractivity contribution is 6.32. The number of anilines is 1. The number of carbonyl (C=O) groups excluding carboxylic acids is 1. The molecule has 2 bridgehead atoms. The molecule has 10 heteroatoms. The average Bonchev–Trinajstić information content (AvgIpc) is 3.69. The molecule has 7 rings (SSSR count). The number of amides is 1. The van der Waals surface area contributed by atoms with Gasteiger partial charge >= 0.3 is 6.01 Å². The summed E-state index contributed by atoms with van der Waals surface area (Å²) in [5, 5.41) is 10.3. The molecule has 2 aliphatic carbocycles. The molecule has 1 spiro atoms. The van der Waals surface area contributed by atoms with Crippen LogP contribution in [0, 0.1) is 17.2 Å². The van der Waals surface area contributed by atoms with Crippen LogP contribution in [0.25, 0.3) is 5.57 Å². The van der Waals surface area contributed by atoms with E-state index in [4.69, 9.17) is 26.3 Å². The first kappa shape index (κ1) is 28.3. The SMILES string of the molecule is C=C(F)C(=O)N1CCN(c2nc(OC[C@@H]3CC4CCN3C4)nc3c2CC[C@@]2(C=C(C)c4c(Cl)cccc42)C3)C[C@@H]1CC#N. The number of fused-ring (bicyclic) bond motifs is 5. The number of piperidine rings is 1. The zero-order chi connectivity index (χ0) is 29.9. The zero-order valence-corrected chi connectivity index (χ0v) is 25.2. The molecule has 3 fully saturated rings. The maximum Gasteiger partial charge on any atom is 0.318 e. The van der Waals surface area contributed by atoms with E-state index in [-0.39, 0.29) is 18.4 Å². The molecule has 2 aromatic rings. The molecule has 4 heterocycles. The van der Waals surface area contributed by atoms with Crippen molar-refractivity contribution < 1.29 is 13.9 Å². The molecule has 1 aromatic carbocycles. The van der Waals surface area contributed by atoms with Gasteiger partial charge in [0.15, 0.2) is 5.83 Å². The number of carbonyl (C=O) groups is 1. The Hall–Kier alpha value is -3.48. The summed E-state index contributed by atoms with van der Waals surface area (Å²) in [6.07, 6.45) is 7.23. The number of hydrogen-bond acceptors (Lipinski definition) is 7. The lowest BCUT2D eigenvalue weighted by Gasteiger charge is -2.42. The van der Waals surface area contributed by atoms with Crippen molar-refractivity contribution in [3.05, 3.63) is 64.1 Å². The van der Waals surface area contributed by atoms with Crippen molar-refractivity contribution in [2.24, 2.45) is 5.92 Å². The Kier molecular flexibility index (Phi) is 7.18. The fourth-order valence-corrected chi connectivity index (χ4v) is 8.56. The lowest BCUT2D eigenvalue weighted by atomic mass is 9.70. The number of halogens is 2. The third-order valence-corrected chi connectivity index (χ3v) is 10.6. The Balaban J connectivity index is 1.23.